The lowest BCUT2D eigenvalue weighted by atomic mass is 9.99. The van der Waals surface area contributed by atoms with Gasteiger partial charge in [-0.15, -0.1) is 0 Å². The van der Waals surface area contributed by atoms with Crippen molar-refractivity contribution >= 4 is 17.5 Å². The molecule has 3 aromatic rings. The van der Waals surface area contributed by atoms with Gasteiger partial charge in [0.15, 0.2) is 11.5 Å². The number of hydrogen-bond acceptors (Lipinski definition) is 6. The number of hydrogen-bond donors (Lipinski definition) is 1. The molecular formula is C22H23FN4O2. The number of ether oxygens (including phenoxy) is 2. The van der Waals surface area contributed by atoms with Crippen LogP contribution in [0.2, 0.25) is 0 Å². The number of aryl methyl sites for hydroxylation is 1. The molecule has 0 aliphatic carbocycles. The van der Waals surface area contributed by atoms with Crippen molar-refractivity contribution in [1.29, 1.82) is 0 Å². The van der Waals surface area contributed by atoms with Gasteiger partial charge in [-0.05, 0) is 54.8 Å². The van der Waals surface area contributed by atoms with Gasteiger partial charge in [0, 0.05) is 30.5 Å². The second kappa shape index (κ2) is 7.95. The van der Waals surface area contributed by atoms with Gasteiger partial charge in [-0.1, -0.05) is 6.07 Å². The first-order chi connectivity index (χ1) is 14.1. The Morgan fingerprint density at radius 2 is 1.76 bits per heavy atom. The van der Waals surface area contributed by atoms with Crippen molar-refractivity contribution in [3.05, 3.63) is 65.1 Å². The number of halogens is 1. The van der Waals surface area contributed by atoms with Crippen molar-refractivity contribution in [3.8, 4) is 11.5 Å². The minimum atomic E-state index is -0.294. The molecule has 2 aromatic carbocycles. The predicted octanol–water partition coefficient (Wildman–Crippen LogP) is 4.25. The third-order valence-electron chi connectivity index (χ3n) is 4.94. The van der Waals surface area contributed by atoms with Crippen LogP contribution in [0, 0.1) is 12.7 Å². The van der Waals surface area contributed by atoms with Crippen LogP contribution in [0.1, 0.15) is 16.8 Å². The zero-order valence-electron chi connectivity index (χ0n) is 16.7. The number of rotatable bonds is 5. The molecule has 4 rings (SSSR count). The van der Waals surface area contributed by atoms with Crippen molar-refractivity contribution in [2.45, 2.75) is 19.9 Å². The number of aromatic nitrogens is 2. The number of nitrogens with zero attached hydrogens (tertiary/aromatic N) is 3. The van der Waals surface area contributed by atoms with Crippen LogP contribution in [-0.2, 0) is 13.0 Å². The minimum absolute atomic E-state index is 0.294. The fourth-order valence-electron chi connectivity index (χ4n) is 3.53. The van der Waals surface area contributed by atoms with Gasteiger partial charge in [0.2, 0.25) is 5.95 Å². The lowest BCUT2D eigenvalue weighted by Gasteiger charge is -2.30. The third-order valence-corrected chi connectivity index (χ3v) is 4.94. The average molecular weight is 394 g/mol. The van der Waals surface area contributed by atoms with Crippen molar-refractivity contribution in [2.24, 2.45) is 0 Å². The topological polar surface area (TPSA) is 59.5 Å². The summed E-state index contributed by atoms with van der Waals surface area (Å²) in [6, 6.07) is 12.2. The van der Waals surface area contributed by atoms with Crippen LogP contribution in [0.3, 0.4) is 0 Å². The molecular weight excluding hydrogens is 371 g/mol. The van der Waals surface area contributed by atoms with Crippen molar-refractivity contribution in [3.63, 3.8) is 0 Å². The molecule has 0 saturated heterocycles. The molecule has 1 aromatic heterocycles. The van der Waals surface area contributed by atoms with Crippen LogP contribution >= 0.6 is 0 Å². The number of nitrogens with one attached hydrogen (secondary N) is 1. The molecule has 1 aliphatic rings. The molecule has 0 radical (unpaired) electrons. The van der Waals surface area contributed by atoms with E-state index in [1.165, 1.54) is 23.3 Å². The molecule has 1 aliphatic heterocycles. The predicted molar refractivity (Wildman–Crippen MR) is 111 cm³/mol. The Balaban J connectivity index is 1.60. The lowest BCUT2D eigenvalue weighted by molar-refractivity contribution is 0.353. The summed E-state index contributed by atoms with van der Waals surface area (Å²) in [5.74, 6) is 2.44. The summed E-state index contributed by atoms with van der Waals surface area (Å²) in [5.41, 5.74) is 3.89. The van der Waals surface area contributed by atoms with Crippen LogP contribution in [0.15, 0.2) is 42.5 Å². The van der Waals surface area contributed by atoms with E-state index in [-0.39, 0.29) is 5.82 Å². The molecule has 2 heterocycles. The van der Waals surface area contributed by atoms with E-state index in [0.29, 0.717) is 29.7 Å². The maximum atomic E-state index is 13.5. The maximum absolute atomic E-state index is 13.5. The standard InChI is InChI=1S/C22H23FN4O2/c1-14-9-21(25-18-6-4-5-17(23)12-18)26-22(24-14)27-8-7-15-10-19(28-2)20(29-3)11-16(15)13-27/h4-6,9-12H,7-8,13H2,1-3H3,(H,24,25,26). The largest absolute Gasteiger partial charge is 0.493 e. The first-order valence-corrected chi connectivity index (χ1v) is 9.42. The first-order valence-electron chi connectivity index (χ1n) is 9.42. The Labute approximate surface area is 169 Å². The van der Waals surface area contributed by atoms with Crippen molar-refractivity contribution in [1.82, 2.24) is 9.97 Å². The smallest absolute Gasteiger partial charge is 0.227 e. The van der Waals surface area contributed by atoms with E-state index in [9.17, 15) is 4.39 Å². The van der Waals surface area contributed by atoms with Gasteiger partial charge in [0.1, 0.15) is 11.6 Å². The fourth-order valence-corrected chi connectivity index (χ4v) is 3.53. The average Bonchev–Trinajstić information content (AvgIpc) is 2.71. The Kier molecular flexibility index (Phi) is 5.20. The zero-order valence-corrected chi connectivity index (χ0v) is 16.7. The third kappa shape index (κ3) is 4.08. The van der Waals surface area contributed by atoms with Gasteiger partial charge in [-0.25, -0.2) is 9.37 Å². The summed E-state index contributed by atoms with van der Waals surface area (Å²) < 4.78 is 24.3. The molecule has 1 N–H and O–H groups in total. The summed E-state index contributed by atoms with van der Waals surface area (Å²) in [6.07, 6.45) is 0.861. The fraction of sp³-hybridized carbons (Fsp3) is 0.273. The Bertz CT molecular complexity index is 1040. The quantitative estimate of drug-likeness (QED) is 0.698. The molecule has 6 nitrogen and oxygen atoms in total. The maximum Gasteiger partial charge on any atom is 0.227 e. The number of fused-ring (bicyclic) bond motifs is 1. The second-order valence-electron chi connectivity index (χ2n) is 6.98. The molecule has 0 amide bonds. The van der Waals surface area contributed by atoms with E-state index < -0.39 is 0 Å². The Morgan fingerprint density at radius 3 is 2.48 bits per heavy atom. The molecule has 0 saturated carbocycles. The van der Waals surface area contributed by atoms with Crippen molar-refractivity contribution < 1.29 is 13.9 Å². The first kappa shape index (κ1) is 19.0. The van der Waals surface area contributed by atoms with Gasteiger partial charge >= 0.3 is 0 Å². The highest BCUT2D eigenvalue weighted by atomic mass is 19.1. The molecule has 0 fully saturated rings. The summed E-state index contributed by atoms with van der Waals surface area (Å²) in [6.45, 7) is 3.40. The Morgan fingerprint density at radius 1 is 1.00 bits per heavy atom. The van der Waals surface area contributed by atoms with Gasteiger partial charge in [0.25, 0.3) is 0 Å². The highest BCUT2D eigenvalue weighted by molar-refractivity contribution is 5.58. The van der Waals surface area contributed by atoms with E-state index in [1.807, 2.05) is 25.1 Å². The number of anilines is 3. The number of benzene rings is 2. The second-order valence-corrected chi connectivity index (χ2v) is 6.98. The van der Waals surface area contributed by atoms with Gasteiger partial charge in [-0.2, -0.15) is 4.98 Å². The Hall–Kier alpha value is -3.35. The van der Waals surface area contributed by atoms with E-state index in [4.69, 9.17) is 9.47 Å². The van der Waals surface area contributed by atoms with E-state index in [0.717, 1.165) is 24.4 Å². The van der Waals surface area contributed by atoms with Crippen LogP contribution in [-0.4, -0.2) is 30.7 Å². The van der Waals surface area contributed by atoms with Gasteiger partial charge in [0.05, 0.1) is 14.2 Å². The van der Waals surface area contributed by atoms with Crippen LogP contribution in [0.25, 0.3) is 0 Å². The zero-order chi connectivity index (χ0) is 20.4. The lowest BCUT2D eigenvalue weighted by Crippen LogP contribution is -2.32. The molecule has 150 valence electrons. The SMILES string of the molecule is COc1cc2c(cc1OC)CN(c1nc(C)cc(Nc3cccc(F)c3)n1)CC2. The summed E-state index contributed by atoms with van der Waals surface area (Å²) in [4.78, 5) is 11.4. The molecule has 0 bridgehead atoms. The molecule has 0 spiro atoms. The highest BCUT2D eigenvalue weighted by Crippen LogP contribution is 2.34. The molecule has 29 heavy (non-hydrogen) atoms. The van der Waals surface area contributed by atoms with Crippen LogP contribution < -0.4 is 19.7 Å². The van der Waals surface area contributed by atoms with Crippen molar-refractivity contribution in [2.75, 3.05) is 31.0 Å². The van der Waals surface area contributed by atoms with E-state index in [2.05, 4.69) is 20.2 Å². The van der Waals surface area contributed by atoms with Gasteiger partial charge in [-0.3, -0.25) is 0 Å². The summed E-state index contributed by atoms with van der Waals surface area (Å²) in [7, 11) is 3.28. The monoisotopic (exact) mass is 394 g/mol. The molecule has 0 unspecified atom stereocenters. The molecule has 7 heteroatoms. The van der Waals surface area contributed by atoms with E-state index >= 15 is 0 Å². The normalized spacial score (nSPS) is 13.0. The summed E-state index contributed by atoms with van der Waals surface area (Å²) >= 11 is 0. The van der Waals surface area contributed by atoms with Crippen LogP contribution in [0.4, 0.5) is 21.8 Å². The summed E-state index contributed by atoms with van der Waals surface area (Å²) in [5, 5.41) is 3.16. The number of methoxy groups -OCH3 is 2. The van der Waals surface area contributed by atoms with E-state index in [1.54, 1.807) is 26.4 Å². The highest BCUT2D eigenvalue weighted by Gasteiger charge is 2.22. The van der Waals surface area contributed by atoms with Crippen LogP contribution in [0.5, 0.6) is 11.5 Å². The van der Waals surface area contributed by atoms with Gasteiger partial charge < -0.3 is 19.7 Å². The minimum Gasteiger partial charge on any atom is -0.493 e. The molecule has 0 atom stereocenters.